The van der Waals surface area contributed by atoms with Crippen LogP contribution in [0.25, 0.3) is 0 Å². The molecule has 0 spiro atoms. The van der Waals surface area contributed by atoms with Gasteiger partial charge in [-0.1, -0.05) is 26.0 Å². The summed E-state index contributed by atoms with van der Waals surface area (Å²) < 4.78 is 13.3. The summed E-state index contributed by atoms with van der Waals surface area (Å²) in [5, 5.41) is 0. The van der Waals surface area contributed by atoms with Crippen molar-refractivity contribution >= 4 is 17.6 Å². The van der Waals surface area contributed by atoms with Gasteiger partial charge in [-0.05, 0) is 74.1 Å². The first-order chi connectivity index (χ1) is 11.9. The molecule has 1 heterocycles. The van der Waals surface area contributed by atoms with Gasteiger partial charge in [-0.2, -0.15) is 0 Å². The molecule has 0 aliphatic carbocycles. The van der Waals surface area contributed by atoms with Gasteiger partial charge >= 0.3 is 0 Å². The van der Waals surface area contributed by atoms with E-state index in [2.05, 4.69) is 55.8 Å². The predicted molar refractivity (Wildman–Crippen MR) is 105 cm³/mol. The van der Waals surface area contributed by atoms with Crippen molar-refractivity contribution in [1.82, 2.24) is 0 Å². The molecule has 3 rings (SSSR count). The number of hydrogen-bond donors (Lipinski definition) is 0. The Balaban J connectivity index is 1.92. The zero-order valence-electron chi connectivity index (χ0n) is 15.6. The average molecular weight is 338 g/mol. The molecule has 0 fully saturated rings. The van der Waals surface area contributed by atoms with Crippen LogP contribution >= 0.6 is 0 Å². The van der Waals surface area contributed by atoms with Crippen molar-refractivity contribution in [2.75, 3.05) is 11.4 Å². The summed E-state index contributed by atoms with van der Waals surface area (Å²) in [7, 11) is 0. The maximum Gasteiger partial charge on any atom is 0.125 e. The van der Waals surface area contributed by atoms with E-state index in [0.717, 1.165) is 24.9 Å². The maximum absolute atomic E-state index is 13.3. The monoisotopic (exact) mass is 338 g/mol. The van der Waals surface area contributed by atoms with Gasteiger partial charge in [-0.15, -0.1) is 0 Å². The number of rotatable bonds is 4. The Kier molecular flexibility index (Phi) is 4.94. The minimum atomic E-state index is -0.258. The summed E-state index contributed by atoms with van der Waals surface area (Å²) in [6.07, 6.45) is 4.11. The molecule has 1 aliphatic heterocycles. The molecule has 0 N–H and O–H groups in total. The van der Waals surface area contributed by atoms with Gasteiger partial charge < -0.3 is 4.90 Å². The molecule has 0 amide bonds. The zero-order valence-corrected chi connectivity index (χ0v) is 15.6. The molecular weight excluding hydrogens is 311 g/mol. The average Bonchev–Trinajstić information content (AvgIpc) is 2.56. The van der Waals surface area contributed by atoms with Crippen LogP contribution in [-0.4, -0.2) is 18.3 Å². The fraction of sp³-hybridized carbons (Fsp3) is 0.409. The first kappa shape index (κ1) is 17.7. The normalized spacial score (nSPS) is 19.2. The summed E-state index contributed by atoms with van der Waals surface area (Å²) in [5.74, 6) is 0.256. The first-order valence-corrected chi connectivity index (χ1v) is 9.12. The molecular formula is C22H27FN2. The molecule has 0 bridgehead atoms. The third-order valence-electron chi connectivity index (χ3n) is 5.03. The van der Waals surface area contributed by atoms with E-state index in [4.69, 9.17) is 0 Å². The molecule has 0 saturated carbocycles. The maximum atomic E-state index is 13.3. The lowest BCUT2D eigenvalue weighted by Crippen LogP contribution is -2.48. The van der Waals surface area contributed by atoms with Crippen molar-refractivity contribution in [2.45, 2.75) is 52.0 Å². The van der Waals surface area contributed by atoms with Gasteiger partial charge in [0.2, 0.25) is 0 Å². The molecule has 132 valence electrons. The lowest BCUT2D eigenvalue weighted by Gasteiger charge is -2.47. The number of benzene rings is 2. The number of anilines is 1. The lowest BCUT2D eigenvalue weighted by molar-refractivity contribution is 0.376. The van der Waals surface area contributed by atoms with Gasteiger partial charge in [0.25, 0.3) is 0 Å². The van der Waals surface area contributed by atoms with Crippen molar-refractivity contribution < 1.29 is 4.39 Å². The SMILES string of the molecule is CCCN1c2ccc(C=Nc3cccc(F)c3)cc2C(C)CC1(C)C. The van der Waals surface area contributed by atoms with E-state index < -0.39 is 0 Å². The summed E-state index contributed by atoms with van der Waals surface area (Å²) in [6.45, 7) is 10.3. The van der Waals surface area contributed by atoms with Crippen LogP contribution in [0.15, 0.2) is 47.5 Å². The quantitative estimate of drug-likeness (QED) is 0.617. The third kappa shape index (κ3) is 3.76. The highest BCUT2D eigenvalue weighted by atomic mass is 19.1. The Morgan fingerprint density at radius 2 is 2.04 bits per heavy atom. The molecule has 0 aromatic heterocycles. The summed E-state index contributed by atoms with van der Waals surface area (Å²) in [5.41, 5.74) is 4.61. The van der Waals surface area contributed by atoms with Crippen LogP contribution in [-0.2, 0) is 0 Å². The Labute approximate surface area is 150 Å². The molecule has 1 unspecified atom stereocenters. The number of fused-ring (bicyclic) bond motifs is 1. The van der Waals surface area contributed by atoms with Crippen LogP contribution in [0.1, 0.15) is 57.6 Å². The van der Waals surface area contributed by atoms with Crippen LogP contribution < -0.4 is 4.90 Å². The van der Waals surface area contributed by atoms with Gasteiger partial charge in [0.05, 0.1) is 5.69 Å². The molecule has 1 atom stereocenters. The number of hydrogen-bond acceptors (Lipinski definition) is 2. The van der Waals surface area contributed by atoms with E-state index >= 15 is 0 Å². The Morgan fingerprint density at radius 1 is 1.24 bits per heavy atom. The lowest BCUT2D eigenvalue weighted by atomic mass is 9.79. The highest BCUT2D eigenvalue weighted by Gasteiger charge is 2.35. The molecule has 1 aliphatic rings. The van der Waals surface area contributed by atoms with Crippen LogP contribution in [0.5, 0.6) is 0 Å². The molecule has 2 aromatic rings. The van der Waals surface area contributed by atoms with Crippen molar-refractivity contribution in [3.63, 3.8) is 0 Å². The molecule has 2 aromatic carbocycles. The van der Waals surface area contributed by atoms with Crippen LogP contribution in [0.3, 0.4) is 0 Å². The third-order valence-corrected chi connectivity index (χ3v) is 5.03. The molecule has 2 nitrogen and oxygen atoms in total. The minimum Gasteiger partial charge on any atom is -0.366 e. The van der Waals surface area contributed by atoms with Gasteiger partial charge in [0, 0.05) is 24.0 Å². The molecule has 25 heavy (non-hydrogen) atoms. The number of nitrogens with zero attached hydrogens (tertiary/aromatic N) is 2. The van der Waals surface area contributed by atoms with E-state index in [1.165, 1.54) is 23.4 Å². The Morgan fingerprint density at radius 3 is 2.76 bits per heavy atom. The molecule has 0 radical (unpaired) electrons. The predicted octanol–water partition coefficient (Wildman–Crippen LogP) is 6.08. The van der Waals surface area contributed by atoms with Crippen molar-refractivity contribution in [2.24, 2.45) is 4.99 Å². The highest BCUT2D eigenvalue weighted by Crippen LogP contribution is 2.43. The topological polar surface area (TPSA) is 15.6 Å². The molecule has 3 heteroatoms. The Bertz CT molecular complexity index is 779. The van der Waals surface area contributed by atoms with Crippen molar-refractivity contribution in [1.29, 1.82) is 0 Å². The van der Waals surface area contributed by atoms with Crippen LogP contribution in [0.2, 0.25) is 0 Å². The van der Waals surface area contributed by atoms with E-state index in [1.807, 2.05) is 12.3 Å². The van der Waals surface area contributed by atoms with E-state index in [1.54, 1.807) is 6.07 Å². The minimum absolute atomic E-state index is 0.180. The van der Waals surface area contributed by atoms with E-state index in [0.29, 0.717) is 11.6 Å². The second kappa shape index (κ2) is 6.99. The second-order valence-corrected chi connectivity index (χ2v) is 7.63. The zero-order chi connectivity index (χ0) is 18.0. The second-order valence-electron chi connectivity index (χ2n) is 7.63. The fourth-order valence-corrected chi connectivity index (χ4v) is 3.94. The summed E-state index contributed by atoms with van der Waals surface area (Å²) >= 11 is 0. The van der Waals surface area contributed by atoms with Crippen LogP contribution in [0.4, 0.5) is 15.8 Å². The van der Waals surface area contributed by atoms with Crippen molar-refractivity contribution in [3.05, 3.63) is 59.4 Å². The van der Waals surface area contributed by atoms with Gasteiger partial charge in [-0.25, -0.2) is 4.39 Å². The highest BCUT2D eigenvalue weighted by molar-refractivity contribution is 5.83. The smallest absolute Gasteiger partial charge is 0.125 e. The van der Waals surface area contributed by atoms with E-state index in [-0.39, 0.29) is 11.4 Å². The van der Waals surface area contributed by atoms with Crippen LogP contribution in [0, 0.1) is 5.82 Å². The molecule has 0 saturated heterocycles. The van der Waals surface area contributed by atoms with Gasteiger partial charge in [0.15, 0.2) is 0 Å². The Hall–Kier alpha value is -2.16. The standard InChI is InChI=1S/C22H27FN2/c1-5-11-25-21-10-9-17(12-20(21)16(2)14-22(25,3)4)15-24-19-8-6-7-18(23)13-19/h6-10,12-13,15-16H,5,11,14H2,1-4H3. The van der Waals surface area contributed by atoms with E-state index in [9.17, 15) is 4.39 Å². The van der Waals surface area contributed by atoms with Gasteiger partial charge in [0.1, 0.15) is 5.82 Å². The number of halogens is 1. The first-order valence-electron chi connectivity index (χ1n) is 9.12. The van der Waals surface area contributed by atoms with Crippen molar-refractivity contribution in [3.8, 4) is 0 Å². The van der Waals surface area contributed by atoms with Gasteiger partial charge in [-0.3, -0.25) is 4.99 Å². The number of aliphatic imine (C=N–C) groups is 1. The fourth-order valence-electron chi connectivity index (χ4n) is 3.94. The summed E-state index contributed by atoms with van der Waals surface area (Å²) in [6, 6.07) is 12.9. The largest absolute Gasteiger partial charge is 0.366 e. The summed E-state index contributed by atoms with van der Waals surface area (Å²) in [4.78, 5) is 6.95.